The van der Waals surface area contributed by atoms with Gasteiger partial charge in [-0.15, -0.1) is 0 Å². The van der Waals surface area contributed by atoms with Crippen LogP contribution in [-0.4, -0.2) is 9.97 Å². The average molecular weight is 703 g/mol. The van der Waals surface area contributed by atoms with Crippen LogP contribution in [0.25, 0.3) is 89.2 Å². The van der Waals surface area contributed by atoms with Crippen molar-refractivity contribution >= 4 is 10.8 Å². The molecule has 0 saturated heterocycles. The molecule has 10 rings (SSSR count). The third-order valence-corrected chi connectivity index (χ3v) is 11.3. The molecule has 2 heteroatoms. The zero-order valence-corrected chi connectivity index (χ0v) is 30.9. The van der Waals surface area contributed by atoms with Gasteiger partial charge in [0.15, 0.2) is 5.82 Å². The minimum Gasteiger partial charge on any atom is -0.228 e. The molecule has 0 spiro atoms. The van der Waals surface area contributed by atoms with E-state index in [0.29, 0.717) is 5.82 Å². The summed E-state index contributed by atoms with van der Waals surface area (Å²) in [7, 11) is 0. The summed E-state index contributed by atoms with van der Waals surface area (Å²) in [5.74, 6) is 0.714. The van der Waals surface area contributed by atoms with Crippen LogP contribution in [-0.2, 0) is 5.41 Å². The van der Waals surface area contributed by atoms with E-state index in [4.69, 9.17) is 9.97 Å². The van der Waals surface area contributed by atoms with Crippen molar-refractivity contribution in [2.45, 2.75) is 19.3 Å². The van der Waals surface area contributed by atoms with Crippen molar-refractivity contribution in [2.24, 2.45) is 0 Å². The summed E-state index contributed by atoms with van der Waals surface area (Å²) < 4.78 is 0. The van der Waals surface area contributed by atoms with Crippen LogP contribution in [0.15, 0.2) is 194 Å². The van der Waals surface area contributed by atoms with Gasteiger partial charge in [0.2, 0.25) is 0 Å². The fraction of sp³-hybridized carbons (Fsp3) is 0.0566. The largest absolute Gasteiger partial charge is 0.228 e. The maximum Gasteiger partial charge on any atom is 0.160 e. The topological polar surface area (TPSA) is 25.8 Å². The first-order valence-electron chi connectivity index (χ1n) is 19.0. The first-order chi connectivity index (χ1) is 27.0. The predicted molar refractivity (Wildman–Crippen MR) is 230 cm³/mol. The van der Waals surface area contributed by atoms with Crippen LogP contribution in [0.1, 0.15) is 25.0 Å². The normalized spacial score (nSPS) is 12.7. The molecule has 55 heavy (non-hydrogen) atoms. The molecule has 0 fully saturated rings. The van der Waals surface area contributed by atoms with Gasteiger partial charge in [0.1, 0.15) is 0 Å². The summed E-state index contributed by atoms with van der Waals surface area (Å²) in [6.45, 7) is 4.68. The summed E-state index contributed by atoms with van der Waals surface area (Å²) in [4.78, 5) is 10.3. The Labute approximate surface area is 322 Å². The second-order valence-corrected chi connectivity index (χ2v) is 15.0. The molecule has 8 aromatic carbocycles. The fourth-order valence-corrected chi connectivity index (χ4v) is 8.48. The van der Waals surface area contributed by atoms with Crippen molar-refractivity contribution in [3.05, 3.63) is 205 Å². The van der Waals surface area contributed by atoms with Gasteiger partial charge in [0.05, 0.1) is 11.4 Å². The van der Waals surface area contributed by atoms with E-state index < -0.39 is 0 Å². The lowest BCUT2D eigenvalue weighted by atomic mass is 9.82. The van der Waals surface area contributed by atoms with E-state index >= 15 is 0 Å². The third kappa shape index (κ3) is 5.75. The van der Waals surface area contributed by atoms with E-state index in [1.165, 1.54) is 61.0 Å². The van der Waals surface area contributed by atoms with E-state index in [1.807, 2.05) is 24.3 Å². The van der Waals surface area contributed by atoms with Gasteiger partial charge >= 0.3 is 0 Å². The highest BCUT2D eigenvalue weighted by Gasteiger charge is 2.35. The molecule has 1 aliphatic rings. The highest BCUT2D eigenvalue weighted by molar-refractivity contribution is 6.05. The van der Waals surface area contributed by atoms with Gasteiger partial charge in [-0.2, -0.15) is 0 Å². The van der Waals surface area contributed by atoms with Crippen LogP contribution in [0.3, 0.4) is 0 Å². The molecule has 0 radical (unpaired) electrons. The minimum atomic E-state index is -0.0322. The van der Waals surface area contributed by atoms with E-state index in [0.717, 1.165) is 33.5 Å². The number of rotatable bonds is 6. The summed E-state index contributed by atoms with van der Waals surface area (Å²) in [6.07, 6.45) is 0. The van der Waals surface area contributed by atoms with Gasteiger partial charge in [-0.05, 0) is 96.7 Å². The minimum absolute atomic E-state index is 0.0322. The molecule has 260 valence electrons. The van der Waals surface area contributed by atoms with Crippen molar-refractivity contribution in [1.82, 2.24) is 9.97 Å². The first-order valence-corrected chi connectivity index (χ1v) is 19.0. The maximum absolute atomic E-state index is 5.20. The van der Waals surface area contributed by atoms with Crippen LogP contribution >= 0.6 is 0 Å². The third-order valence-electron chi connectivity index (χ3n) is 11.3. The van der Waals surface area contributed by atoms with Crippen LogP contribution in [0, 0.1) is 0 Å². The van der Waals surface area contributed by atoms with E-state index in [1.54, 1.807) is 0 Å². The first kappa shape index (κ1) is 32.7. The molecular weight excluding hydrogens is 665 g/mol. The molecule has 0 N–H and O–H groups in total. The Hall–Kier alpha value is -6.90. The summed E-state index contributed by atoms with van der Waals surface area (Å²) >= 11 is 0. The van der Waals surface area contributed by atoms with E-state index in [9.17, 15) is 0 Å². The highest BCUT2D eigenvalue weighted by Crippen LogP contribution is 2.50. The lowest BCUT2D eigenvalue weighted by molar-refractivity contribution is 0.660. The molecule has 0 unspecified atom stereocenters. The molecule has 1 aliphatic carbocycles. The van der Waals surface area contributed by atoms with Crippen LogP contribution in [0.5, 0.6) is 0 Å². The number of hydrogen-bond donors (Lipinski definition) is 0. The van der Waals surface area contributed by atoms with E-state index in [2.05, 4.69) is 184 Å². The number of benzene rings is 8. The van der Waals surface area contributed by atoms with E-state index in [-0.39, 0.29) is 5.41 Å². The number of hydrogen-bond acceptors (Lipinski definition) is 2. The Morgan fingerprint density at radius 2 is 0.836 bits per heavy atom. The highest BCUT2D eigenvalue weighted by atomic mass is 14.9. The standard InChI is InChI=1S/C53H38N2/c1-53(2)48-25-15-14-24-45(48)47-33-38(26-29-49(47)53)40-30-39(35-16-6-3-7-17-35)31-41(32-40)42-27-28-46(44-23-13-12-22-43(42)44)51-34-50(36-18-8-4-9-19-36)54-52(55-51)37-20-10-5-11-21-37/h3-34H,1-2H3. The summed E-state index contributed by atoms with van der Waals surface area (Å²) in [5.41, 5.74) is 17.5. The lowest BCUT2D eigenvalue weighted by Gasteiger charge is -2.21. The Balaban J connectivity index is 1.15. The maximum atomic E-state index is 5.20. The second-order valence-electron chi connectivity index (χ2n) is 15.0. The Bertz CT molecular complexity index is 2820. The fourth-order valence-electron chi connectivity index (χ4n) is 8.48. The van der Waals surface area contributed by atoms with Crippen LogP contribution < -0.4 is 0 Å². The molecule has 0 amide bonds. The summed E-state index contributed by atoms with van der Waals surface area (Å²) in [6, 6.07) is 69.8. The van der Waals surface area contributed by atoms with Gasteiger partial charge in [-0.1, -0.05) is 178 Å². The van der Waals surface area contributed by atoms with Crippen molar-refractivity contribution in [2.75, 3.05) is 0 Å². The molecule has 0 atom stereocenters. The summed E-state index contributed by atoms with van der Waals surface area (Å²) in [5, 5.41) is 2.33. The van der Waals surface area contributed by atoms with Crippen LogP contribution in [0.2, 0.25) is 0 Å². The van der Waals surface area contributed by atoms with Gasteiger partial charge < -0.3 is 0 Å². The quantitative estimate of drug-likeness (QED) is 0.172. The van der Waals surface area contributed by atoms with Gasteiger partial charge in [-0.3, -0.25) is 0 Å². The van der Waals surface area contributed by atoms with Gasteiger partial charge in [0, 0.05) is 22.1 Å². The SMILES string of the molecule is CC1(C)c2ccccc2-c2cc(-c3cc(-c4ccccc4)cc(-c4ccc(-c5cc(-c6ccccc6)nc(-c6ccccc6)n5)c5ccccc45)c3)ccc21. The number of aromatic nitrogens is 2. The Morgan fingerprint density at radius 3 is 1.56 bits per heavy atom. The van der Waals surface area contributed by atoms with Gasteiger partial charge in [0.25, 0.3) is 0 Å². The molecule has 1 heterocycles. The van der Waals surface area contributed by atoms with Gasteiger partial charge in [-0.25, -0.2) is 9.97 Å². The van der Waals surface area contributed by atoms with Crippen molar-refractivity contribution in [3.8, 4) is 78.4 Å². The Morgan fingerprint density at radius 1 is 0.309 bits per heavy atom. The molecule has 0 saturated carbocycles. The van der Waals surface area contributed by atoms with Crippen molar-refractivity contribution in [3.63, 3.8) is 0 Å². The second kappa shape index (κ2) is 13.2. The average Bonchev–Trinajstić information content (AvgIpc) is 3.49. The zero-order chi connectivity index (χ0) is 36.9. The molecule has 9 aromatic rings. The molecule has 0 aliphatic heterocycles. The van der Waals surface area contributed by atoms with Crippen LogP contribution in [0.4, 0.5) is 0 Å². The predicted octanol–water partition coefficient (Wildman–Crippen LogP) is 13.9. The molecule has 1 aromatic heterocycles. The smallest absolute Gasteiger partial charge is 0.160 e. The zero-order valence-electron chi connectivity index (χ0n) is 30.9. The number of fused-ring (bicyclic) bond motifs is 4. The van der Waals surface area contributed by atoms with Crippen molar-refractivity contribution < 1.29 is 0 Å². The molecule has 0 bridgehead atoms. The lowest BCUT2D eigenvalue weighted by Crippen LogP contribution is -2.14. The molecule has 2 nitrogen and oxygen atoms in total. The monoisotopic (exact) mass is 702 g/mol. The Kier molecular flexibility index (Phi) is 7.85. The van der Waals surface area contributed by atoms with Crippen molar-refractivity contribution in [1.29, 1.82) is 0 Å². The molecular formula is C53H38N2. The number of nitrogens with zero attached hydrogens (tertiary/aromatic N) is 2.